The number of carbonyl (C=O) groups excluding carboxylic acids is 1. The van der Waals surface area contributed by atoms with Gasteiger partial charge in [-0.3, -0.25) is 9.35 Å². The monoisotopic (exact) mass is 554 g/mol. The van der Waals surface area contributed by atoms with Gasteiger partial charge in [0.15, 0.2) is 6.29 Å². The summed E-state index contributed by atoms with van der Waals surface area (Å²) in [6.07, 6.45) is 7.28. The molecule has 5 N–H and O–H groups in total. The molecule has 0 saturated carbocycles. The van der Waals surface area contributed by atoms with Crippen molar-refractivity contribution in [3.8, 4) is 0 Å². The molecular formula is C25H46O11S. The minimum absolute atomic E-state index is 0.186. The van der Waals surface area contributed by atoms with Crippen LogP contribution in [0.25, 0.3) is 0 Å². The largest absolute Gasteiger partial charge is 0.457 e. The fraction of sp³-hybridized carbons (Fsp3) is 0.880. The molecule has 6 atom stereocenters. The van der Waals surface area contributed by atoms with Gasteiger partial charge < -0.3 is 34.6 Å². The van der Waals surface area contributed by atoms with E-state index in [1.165, 1.54) is 32.1 Å². The zero-order chi connectivity index (χ0) is 27.7. The summed E-state index contributed by atoms with van der Waals surface area (Å²) in [5.41, 5.74) is 0. The summed E-state index contributed by atoms with van der Waals surface area (Å²) in [5, 5.41) is 39.3. The van der Waals surface area contributed by atoms with E-state index in [1.807, 2.05) is 0 Å². The van der Waals surface area contributed by atoms with E-state index in [0.717, 1.165) is 32.1 Å². The number of hydrogen-bond donors (Lipinski definition) is 5. The number of esters is 1. The first-order valence-electron chi connectivity index (χ1n) is 13.3. The molecule has 1 fully saturated rings. The maximum Gasteiger partial charge on any atom is 0.306 e. The third kappa shape index (κ3) is 15.2. The van der Waals surface area contributed by atoms with Crippen molar-refractivity contribution in [2.75, 3.05) is 19.0 Å². The summed E-state index contributed by atoms with van der Waals surface area (Å²) in [4.78, 5) is 12.1. The van der Waals surface area contributed by atoms with Gasteiger partial charge in [-0.1, -0.05) is 64.0 Å². The molecule has 0 spiro atoms. The predicted octanol–water partition coefficient (Wildman–Crippen LogP) is 1.86. The average molecular weight is 555 g/mol. The molecule has 0 aromatic carbocycles. The second-order valence-corrected chi connectivity index (χ2v) is 11.0. The highest BCUT2D eigenvalue weighted by Gasteiger charge is 2.45. The Morgan fingerprint density at radius 1 is 0.919 bits per heavy atom. The van der Waals surface area contributed by atoms with Gasteiger partial charge in [0, 0.05) is 6.42 Å². The van der Waals surface area contributed by atoms with Crippen molar-refractivity contribution in [2.45, 2.75) is 121 Å². The van der Waals surface area contributed by atoms with E-state index in [1.54, 1.807) is 0 Å². The van der Waals surface area contributed by atoms with Crippen molar-refractivity contribution in [1.29, 1.82) is 0 Å². The Kier molecular flexibility index (Phi) is 17.4. The van der Waals surface area contributed by atoms with Crippen LogP contribution in [0.3, 0.4) is 0 Å². The average Bonchev–Trinajstić information content (AvgIpc) is 2.84. The smallest absolute Gasteiger partial charge is 0.306 e. The zero-order valence-corrected chi connectivity index (χ0v) is 22.6. The molecule has 0 aromatic rings. The van der Waals surface area contributed by atoms with Gasteiger partial charge >= 0.3 is 5.97 Å². The highest BCUT2D eigenvalue weighted by molar-refractivity contribution is 7.85. The van der Waals surface area contributed by atoms with E-state index in [9.17, 15) is 33.6 Å². The first-order chi connectivity index (χ1) is 17.6. The molecule has 12 heteroatoms. The van der Waals surface area contributed by atoms with Gasteiger partial charge in [-0.15, -0.1) is 0 Å². The van der Waals surface area contributed by atoms with Crippen molar-refractivity contribution in [3.05, 3.63) is 12.2 Å². The lowest BCUT2D eigenvalue weighted by atomic mass is 10.00. The second-order valence-electron chi connectivity index (χ2n) is 9.49. The fourth-order valence-corrected chi connectivity index (χ4v) is 4.71. The molecule has 0 bridgehead atoms. The van der Waals surface area contributed by atoms with Crippen LogP contribution in [0.15, 0.2) is 12.2 Å². The number of aliphatic hydroxyl groups is 4. The van der Waals surface area contributed by atoms with Gasteiger partial charge in [0.1, 0.15) is 36.3 Å². The topological polar surface area (TPSA) is 180 Å². The lowest BCUT2D eigenvalue weighted by Gasteiger charge is -2.40. The molecule has 1 saturated heterocycles. The van der Waals surface area contributed by atoms with E-state index in [4.69, 9.17) is 18.8 Å². The molecule has 0 aliphatic carbocycles. The van der Waals surface area contributed by atoms with Crippen LogP contribution >= 0.6 is 0 Å². The lowest BCUT2D eigenvalue weighted by Crippen LogP contribution is -2.60. The number of ether oxygens (including phenoxy) is 3. The summed E-state index contributed by atoms with van der Waals surface area (Å²) < 4.78 is 46.8. The van der Waals surface area contributed by atoms with Crippen molar-refractivity contribution in [3.63, 3.8) is 0 Å². The van der Waals surface area contributed by atoms with E-state index in [2.05, 4.69) is 19.1 Å². The van der Waals surface area contributed by atoms with Crippen LogP contribution in [-0.4, -0.2) is 95.1 Å². The van der Waals surface area contributed by atoms with Gasteiger partial charge in [-0.2, -0.15) is 8.42 Å². The standard InChI is InChI=1S/C25H46O11S/c1-2-3-4-5-6-7-8-9-10-11-12-13-14-15-21(27)35-19(16-26)17-34-25-24(30)23(29)22(28)20(36-25)18-37(31,32)33/h3-4,19-20,22-26,28-30H,2,5-18H2,1H3,(H,31,32,33)/b4-3-/t19-,20-,22-,23?,24?,25+/m1/s1. The van der Waals surface area contributed by atoms with Crippen molar-refractivity contribution < 1.29 is 52.4 Å². The van der Waals surface area contributed by atoms with Crippen LogP contribution < -0.4 is 0 Å². The summed E-state index contributed by atoms with van der Waals surface area (Å²) in [6.45, 7) is 1.17. The number of carbonyl (C=O) groups is 1. The maximum atomic E-state index is 12.1. The SMILES string of the molecule is CC/C=C\CCCCCCCCCCCC(=O)O[C@H](CO)CO[C@H]1O[C@H](CS(=O)(=O)O)[C@@H](O)C(O)C1O. The molecule has 2 unspecified atom stereocenters. The van der Waals surface area contributed by atoms with Crippen LogP contribution in [0.1, 0.15) is 84.0 Å². The maximum absolute atomic E-state index is 12.1. The molecule has 1 rings (SSSR count). The summed E-state index contributed by atoms with van der Waals surface area (Å²) >= 11 is 0. The van der Waals surface area contributed by atoms with Crippen LogP contribution in [0.2, 0.25) is 0 Å². The molecule has 1 aliphatic rings. The zero-order valence-electron chi connectivity index (χ0n) is 21.8. The Labute approximate surface area is 220 Å². The molecule has 37 heavy (non-hydrogen) atoms. The van der Waals surface area contributed by atoms with Gasteiger partial charge in [-0.05, 0) is 25.7 Å². The Morgan fingerprint density at radius 2 is 1.51 bits per heavy atom. The quantitative estimate of drug-likeness (QED) is 0.0641. The normalized spacial score (nSPS) is 25.4. The second kappa shape index (κ2) is 19.0. The van der Waals surface area contributed by atoms with Crippen molar-refractivity contribution in [1.82, 2.24) is 0 Å². The first-order valence-corrected chi connectivity index (χ1v) is 14.9. The van der Waals surface area contributed by atoms with Gasteiger partial charge in [0.2, 0.25) is 0 Å². The van der Waals surface area contributed by atoms with Crippen molar-refractivity contribution >= 4 is 16.1 Å². The molecule has 0 aromatic heterocycles. The molecule has 1 aliphatic heterocycles. The van der Waals surface area contributed by atoms with Crippen LogP contribution in [0, 0.1) is 0 Å². The number of allylic oxidation sites excluding steroid dienone is 2. The fourth-order valence-electron chi connectivity index (χ4n) is 4.02. The van der Waals surface area contributed by atoms with Crippen LogP contribution in [0.5, 0.6) is 0 Å². The van der Waals surface area contributed by atoms with E-state index in [-0.39, 0.29) is 6.42 Å². The highest BCUT2D eigenvalue weighted by atomic mass is 32.2. The number of unbranched alkanes of at least 4 members (excludes halogenated alkanes) is 9. The van der Waals surface area contributed by atoms with Gasteiger partial charge in [-0.25, -0.2) is 0 Å². The summed E-state index contributed by atoms with van der Waals surface area (Å²) in [6, 6.07) is 0. The Balaban J connectivity index is 2.21. The number of rotatable bonds is 20. The number of aliphatic hydroxyl groups excluding tert-OH is 4. The van der Waals surface area contributed by atoms with E-state index >= 15 is 0 Å². The van der Waals surface area contributed by atoms with E-state index in [0.29, 0.717) is 6.42 Å². The summed E-state index contributed by atoms with van der Waals surface area (Å²) in [5.74, 6) is -1.53. The Morgan fingerprint density at radius 3 is 2.08 bits per heavy atom. The minimum atomic E-state index is -4.54. The molecule has 0 amide bonds. The molecule has 11 nitrogen and oxygen atoms in total. The molecule has 1 heterocycles. The lowest BCUT2D eigenvalue weighted by molar-refractivity contribution is -0.297. The Bertz CT molecular complexity index is 743. The molecule has 0 radical (unpaired) electrons. The summed E-state index contributed by atoms with van der Waals surface area (Å²) in [7, 11) is -4.54. The van der Waals surface area contributed by atoms with Crippen LogP contribution in [0.4, 0.5) is 0 Å². The third-order valence-corrected chi connectivity index (χ3v) is 6.90. The Hall–Kier alpha value is -1.12. The number of hydrogen-bond acceptors (Lipinski definition) is 10. The predicted molar refractivity (Wildman–Crippen MR) is 136 cm³/mol. The van der Waals surface area contributed by atoms with Gasteiger partial charge in [0.05, 0.1) is 13.2 Å². The third-order valence-electron chi connectivity index (χ3n) is 6.15. The van der Waals surface area contributed by atoms with Gasteiger partial charge in [0.25, 0.3) is 10.1 Å². The molecular weight excluding hydrogens is 508 g/mol. The first kappa shape index (κ1) is 33.9. The van der Waals surface area contributed by atoms with Crippen molar-refractivity contribution in [2.24, 2.45) is 0 Å². The molecule has 218 valence electrons. The van der Waals surface area contributed by atoms with E-state index < -0.39 is 71.9 Å². The minimum Gasteiger partial charge on any atom is -0.457 e. The van der Waals surface area contributed by atoms with Crippen LogP contribution in [-0.2, 0) is 29.1 Å². The highest BCUT2D eigenvalue weighted by Crippen LogP contribution is 2.23.